The van der Waals surface area contributed by atoms with Gasteiger partial charge in [0.05, 0.1) is 12.3 Å². The molecule has 0 spiro atoms. The maximum Gasteiger partial charge on any atom is 0.265 e. The van der Waals surface area contributed by atoms with Crippen molar-refractivity contribution in [2.24, 2.45) is 0 Å². The molecule has 0 aromatic heterocycles. The molecule has 6 nitrogen and oxygen atoms in total. The van der Waals surface area contributed by atoms with Crippen LogP contribution in [-0.2, 0) is 10.2 Å². The summed E-state index contributed by atoms with van der Waals surface area (Å²) in [6.07, 6.45) is 0.662. The first-order chi connectivity index (χ1) is 16.7. The molecule has 35 heavy (non-hydrogen) atoms. The van der Waals surface area contributed by atoms with Gasteiger partial charge in [-0.15, -0.1) is 0 Å². The van der Waals surface area contributed by atoms with Crippen LogP contribution in [0.4, 0.5) is 11.4 Å². The quantitative estimate of drug-likeness (QED) is 0.445. The molecule has 1 aliphatic rings. The van der Waals surface area contributed by atoms with E-state index < -0.39 is 0 Å². The van der Waals surface area contributed by atoms with E-state index in [0.717, 1.165) is 5.75 Å². The van der Waals surface area contributed by atoms with E-state index in [1.807, 2.05) is 55.5 Å². The zero-order chi connectivity index (χ0) is 25.0. The lowest BCUT2D eigenvalue weighted by atomic mass is 9.87. The fourth-order valence-corrected chi connectivity index (χ4v) is 3.90. The van der Waals surface area contributed by atoms with E-state index >= 15 is 0 Å². The molecule has 3 aromatic carbocycles. The molecule has 0 bridgehead atoms. The molecule has 6 heteroatoms. The molecule has 0 aliphatic carbocycles. The van der Waals surface area contributed by atoms with Crippen LogP contribution in [0.25, 0.3) is 0 Å². The van der Waals surface area contributed by atoms with Gasteiger partial charge in [0.15, 0.2) is 6.61 Å². The molecule has 4 rings (SSSR count). The van der Waals surface area contributed by atoms with Crippen molar-refractivity contribution in [2.45, 2.75) is 39.5 Å². The van der Waals surface area contributed by atoms with E-state index in [9.17, 15) is 9.59 Å². The number of anilines is 2. The second-order valence-corrected chi connectivity index (χ2v) is 9.81. The number of nitrogens with one attached hydrogen (secondary N) is 1. The van der Waals surface area contributed by atoms with Gasteiger partial charge >= 0.3 is 0 Å². The minimum atomic E-state index is -0.202. The van der Waals surface area contributed by atoms with Gasteiger partial charge in [0.1, 0.15) is 11.5 Å². The van der Waals surface area contributed by atoms with Crippen molar-refractivity contribution in [2.75, 3.05) is 30.0 Å². The van der Waals surface area contributed by atoms with Gasteiger partial charge in [0, 0.05) is 17.8 Å². The minimum absolute atomic E-state index is 0.00233. The third kappa shape index (κ3) is 6.01. The van der Waals surface area contributed by atoms with Crippen LogP contribution in [0.2, 0.25) is 0 Å². The first-order valence-corrected chi connectivity index (χ1v) is 11.9. The molecule has 0 radical (unpaired) electrons. The largest absolute Gasteiger partial charge is 0.494 e. The summed E-state index contributed by atoms with van der Waals surface area (Å²) < 4.78 is 11.4. The zero-order valence-electron chi connectivity index (χ0n) is 20.8. The number of carbonyl (C=O) groups excluding carboxylic acids is 2. The Morgan fingerprint density at radius 3 is 2.43 bits per heavy atom. The lowest BCUT2D eigenvalue weighted by Gasteiger charge is -2.30. The van der Waals surface area contributed by atoms with Crippen LogP contribution in [0.3, 0.4) is 0 Å². The molecule has 3 aromatic rings. The normalized spacial score (nSPS) is 13.1. The van der Waals surface area contributed by atoms with Crippen LogP contribution in [0.1, 0.15) is 48.7 Å². The summed E-state index contributed by atoms with van der Waals surface area (Å²) in [7, 11) is 0. The third-order valence-corrected chi connectivity index (χ3v) is 5.99. The molecule has 1 N–H and O–H groups in total. The van der Waals surface area contributed by atoms with Crippen LogP contribution in [0.5, 0.6) is 11.5 Å². The summed E-state index contributed by atoms with van der Waals surface area (Å²) in [6, 6.07) is 20.9. The van der Waals surface area contributed by atoms with Gasteiger partial charge in [0.25, 0.3) is 11.8 Å². The predicted molar refractivity (Wildman–Crippen MR) is 139 cm³/mol. The number of ether oxygens (including phenoxy) is 2. The average Bonchev–Trinajstić information content (AvgIpc) is 2.83. The van der Waals surface area contributed by atoms with Crippen molar-refractivity contribution in [3.63, 3.8) is 0 Å². The fraction of sp³-hybridized carbons (Fsp3) is 0.310. The second-order valence-electron chi connectivity index (χ2n) is 9.81. The van der Waals surface area contributed by atoms with Gasteiger partial charge in [-0.3, -0.25) is 9.59 Å². The number of rotatable bonds is 7. The van der Waals surface area contributed by atoms with Gasteiger partial charge in [-0.2, -0.15) is 0 Å². The summed E-state index contributed by atoms with van der Waals surface area (Å²) in [5.74, 6) is 1.11. The Bertz CT molecular complexity index is 1190. The molecular weight excluding hydrogens is 440 g/mol. The molecule has 1 aliphatic heterocycles. The third-order valence-electron chi connectivity index (χ3n) is 5.99. The van der Waals surface area contributed by atoms with Crippen molar-refractivity contribution in [3.8, 4) is 11.5 Å². The lowest BCUT2D eigenvalue weighted by Crippen LogP contribution is -2.39. The van der Waals surface area contributed by atoms with Gasteiger partial charge < -0.3 is 19.7 Å². The van der Waals surface area contributed by atoms with Crippen molar-refractivity contribution in [3.05, 3.63) is 83.4 Å². The number of carbonyl (C=O) groups is 2. The van der Waals surface area contributed by atoms with E-state index in [1.54, 1.807) is 23.1 Å². The zero-order valence-corrected chi connectivity index (χ0v) is 20.8. The highest BCUT2D eigenvalue weighted by atomic mass is 16.5. The molecule has 2 amide bonds. The van der Waals surface area contributed by atoms with Crippen molar-refractivity contribution < 1.29 is 19.1 Å². The smallest absolute Gasteiger partial charge is 0.265 e. The second kappa shape index (κ2) is 10.2. The molecule has 0 unspecified atom stereocenters. The Kier molecular flexibility index (Phi) is 7.10. The van der Waals surface area contributed by atoms with Crippen LogP contribution in [0.15, 0.2) is 66.7 Å². The van der Waals surface area contributed by atoms with Gasteiger partial charge in [0.2, 0.25) is 0 Å². The fourth-order valence-electron chi connectivity index (χ4n) is 3.90. The topological polar surface area (TPSA) is 67.9 Å². The number of hydrogen-bond acceptors (Lipinski definition) is 4. The van der Waals surface area contributed by atoms with Crippen LogP contribution >= 0.6 is 0 Å². The first-order valence-electron chi connectivity index (χ1n) is 11.9. The summed E-state index contributed by atoms with van der Waals surface area (Å²) in [5, 5.41) is 2.94. The Morgan fingerprint density at radius 1 is 1.03 bits per heavy atom. The maximum atomic E-state index is 12.8. The molecular formula is C29H32N2O4. The minimum Gasteiger partial charge on any atom is -0.494 e. The van der Waals surface area contributed by atoms with Gasteiger partial charge in [-0.25, -0.2) is 0 Å². The van der Waals surface area contributed by atoms with Gasteiger partial charge in [-0.1, -0.05) is 50.6 Å². The Balaban J connectivity index is 1.41. The predicted octanol–water partition coefficient (Wildman–Crippen LogP) is 5.74. The number of nitrogens with zero attached hydrogens (tertiary/aromatic N) is 1. The van der Waals surface area contributed by atoms with Crippen molar-refractivity contribution in [1.82, 2.24) is 0 Å². The Labute approximate surface area is 206 Å². The van der Waals surface area contributed by atoms with E-state index in [-0.39, 0.29) is 23.8 Å². The monoisotopic (exact) mass is 472 g/mol. The van der Waals surface area contributed by atoms with Gasteiger partial charge in [-0.05, 0) is 66.8 Å². The highest BCUT2D eigenvalue weighted by Crippen LogP contribution is 2.35. The summed E-state index contributed by atoms with van der Waals surface area (Å²) in [5.41, 5.74) is 4.20. The number of hydrogen-bond donors (Lipinski definition) is 1. The lowest BCUT2D eigenvalue weighted by molar-refractivity contribution is -0.121. The van der Waals surface area contributed by atoms with Crippen LogP contribution in [-0.4, -0.2) is 31.6 Å². The van der Waals surface area contributed by atoms with E-state index in [1.165, 1.54) is 11.1 Å². The molecule has 0 atom stereocenters. The molecule has 182 valence electrons. The van der Waals surface area contributed by atoms with E-state index in [0.29, 0.717) is 42.3 Å². The van der Waals surface area contributed by atoms with Crippen molar-refractivity contribution >= 4 is 23.2 Å². The van der Waals surface area contributed by atoms with Crippen LogP contribution in [0, 0.1) is 6.92 Å². The molecule has 0 fully saturated rings. The number of fused-ring (bicyclic) bond motifs is 1. The standard InChI is InChI=1S/C29H32N2O4/c1-20-6-13-24(14-7-20)34-17-5-16-31-25-18-23(12-15-26(25)35-19-27(31)32)30-28(33)21-8-10-22(11-9-21)29(2,3)4/h6-15,18H,5,16-17,19H2,1-4H3,(H,30,33). The summed E-state index contributed by atoms with van der Waals surface area (Å²) in [6.45, 7) is 9.43. The Hall–Kier alpha value is -3.80. The van der Waals surface area contributed by atoms with E-state index in [2.05, 4.69) is 26.1 Å². The molecule has 0 saturated carbocycles. The highest BCUT2D eigenvalue weighted by molar-refractivity contribution is 6.05. The SMILES string of the molecule is Cc1ccc(OCCCN2C(=O)COc3ccc(NC(=O)c4ccc(C(C)(C)C)cc4)cc32)cc1. The number of benzene rings is 3. The number of aryl methyl sites for hydroxylation is 1. The van der Waals surface area contributed by atoms with Crippen molar-refractivity contribution in [1.29, 1.82) is 0 Å². The highest BCUT2D eigenvalue weighted by Gasteiger charge is 2.26. The first kappa shape index (κ1) is 24.3. The maximum absolute atomic E-state index is 12.8. The summed E-state index contributed by atoms with van der Waals surface area (Å²) in [4.78, 5) is 27.1. The molecule has 1 heterocycles. The van der Waals surface area contributed by atoms with Crippen LogP contribution < -0.4 is 19.7 Å². The average molecular weight is 473 g/mol. The number of amides is 2. The van der Waals surface area contributed by atoms with E-state index in [4.69, 9.17) is 9.47 Å². The molecule has 0 saturated heterocycles. The Morgan fingerprint density at radius 2 is 1.74 bits per heavy atom. The summed E-state index contributed by atoms with van der Waals surface area (Å²) >= 11 is 0.